The molecular weight excluding hydrogens is 345 g/mol. The second-order valence-electron chi connectivity index (χ2n) is 7.94. The number of unbranched alkanes of at least 4 members (excludes halogenated alkanes) is 11. The normalized spacial score (nSPS) is 12.1. The maximum atomic E-state index is 11.2. The number of nitrogens with zero attached hydrogens (tertiary/aromatic N) is 1. The van der Waals surface area contributed by atoms with E-state index < -0.39 is 5.97 Å². The van der Waals surface area contributed by atoms with E-state index in [1.807, 2.05) is 0 Å². The van der Waals surface area contributed by atoms with Crippen molar-refractivity contribution >= 4 is 5.97 Å². The van der Waals surface area contributed by atoms with Crippen LogP contribution in [0.25, 0.3) is 0 Å². The third kappa shape index (κ3) is 19.5. The number of carboxylic acid groups (broad SMARTS) is 1. The zero-order chi connectivity index (χ0) is 19.5. The standard InChI is InChI=1S/C23H47NO2.Na/c1-4-7-10-12-14-16-19-24(20-17-15-13-11-8-5-2)22(18-9-6-3)21-23(25)26;/h22H,4-21H2,1-3H3,(H,25,26);/q;+1/p-1. The zero-order valence-corrected chi connectivity index (χ0v) is 21.1. The number of carbonyl (C=O) groups excluding carboxylic acids is 1. The van der Waals surface area contributed by atoms with Crippen LogP contribution in [0.5, 0.6) is 0 Å². The first-order valence-electron chi connectivity index (χ1n) is 11.6. The summed E-state index contributed by atoms with van der Waals surface area (Å²) in [4.78, 5) is 13.7. The topological polar surface area (TPSA) is 43.4 Å². The van der Waals surface area contributed by atoms with Gasteiger partial charge < -0.3 is 14.8 Å². The van der Waals surface area contributed by atoms with Gasteiger partial charge in [0.15, 0.2) is 0 Å². The van der Waals surface area contributed by atoms with E-state index in [1.54, 1.807) is 0 Å². The van der Waals surface area contributed by atoms with Crippen molar-refractivity contribution in [2.75, 3.05) is 13.1 Å². The average Bonchev–Trinajstić information content (AvgIpc) is 2.62. The van der Waals surface area contributed by atoms with Crippen LogP contribution in [-0.4, -0.2) is 30.0 Å². The molecule has 0 fully saturated rings. The molecule has 0 radical (unpaired) electrons. The first-order chi connectivity index (χ1) is 12.7. The largest absolute Gasteiger partial charge is 1.00 e. The minimum Gasteiger partial charge on any atom is -0.550 e. The van der Waals surface area contributed by atoms with Crippen LogP contribution >= 0.6 is 0 Å². The minimum atomic E-state index is -0.887. The van der Waals surface area contributed by atoms with Crippen LogP contribution in [0.15, 0.2) is 0 Å². The molecule has 156 valence electrons. The monoisotopic (exact) mass is 391 g/mol. The van der Waals surface area contributed by atoms with Crippen LogP contribution in [-0.2, 0) is 4.79 Å². The summed E-state index contributed by atoms with van der Waals surface area (Å²) in [5, 5.41) is 11.2. The SMILES string of the molecule is CCCCCCCCN(CCCCCCCC)C(CCCC)CC(=O)[O-].[Na+]. The van der Waals surface area contributed by atoms with Gasteiger partial charge in [-0.25, -0.2) is 0 Å². The zero-order valence-electron chi connectivity index (χ0n) is 19.1. The van der Waals surface area contributed by atoms with E-state index in [1.165, 1.54) is 77.0 Å². The Morgan fingerprint density at radius 3 is 1.52 bits per heavy atom. The van der Waals surface area contributed by atoms with Crippen LogP contribution in [0.2, 0.25) is 0 Å². The second-order valence-corrected chi connectivity index (χ2v) is 7.94. The molecule has 0 aliphatic rings. The number of carbonyl (C=O) groups is 1. The number of hydrogen-bond acceptors (Lipinski definition) is 3. The number of hydrogen-bond donors (Lipinski definition) is 0. The van der Waals surface area contributed by atoms with Gasteiger partial charge in [-0.15, -0.1) is 0 Å². The number of carboxylic acids is 1. The van der Waals surface area contributed by atoms with Crippen LogP contribution < -0.4 is 34.7 Å². The molecule has 1 unspecified atom stereocenters. The van der Waals surface area contributed by atoms with Gasteiger partial charge >= 0.3 is 29.6 Å². The van der Waals surface area contributed by atoms with Gasteiger partial charge in [0.25, 0.3) is 0 Å². The summed E-state index contributed by atoms with van der Waals surface area (Å²) in [5.41, 5.74) is 0. The van der Waals surface area contributed by atoms with Gasteiger partial charge in [0, 0.05) is 18.4 Å². The molecule has 0 spiro atoms. The fraction of sp³-hybridized carbons (Fsp3) is 0.957. The number of rotatable bonds is 20. The van der Waals surface area contributed by atoms with Crippen molar-refractivity contribution in [1.82, 2.24) is 4.90 Å². The molecule has 4 heteroatoms. The third-order valence-corrected chi connectivity index (χ3v) is 5.41. The maximum absolute atomic E-state index is 11.2. The van der Waals surface area contributed by atoms with Gasteiger partial charge in [0.05, 0.1) is 0 Å². The predicted octanol–water partition coefficient (Wildman–Crippen LogP) is 2.71. The Morgan fingerprint density at radius 1 is 0.704 bits per heavy atom. The quantitative estimate of drug-likeness (QED) is 0.237. The van der Waals surface area contributed by atoms with E-state index in [0.717, 1.165) is 32.4 Å². The predicted molar refractivity (Wildman–Crippen MR) is 111 cm³/mol. The molecule has 0 aliphatic carbocycles. The number of aliphatic carboxylic acids is 1. The molecule has 0 aromatic carbocycles. The summed E-state index contributed by atoms with van der Waals surface area (Å²) < 4.78 is 0. The van der Waals surface area contributed by atoms with Crippen molar-refractivity contribution in [3.05, 3.63) is 0 Å². The Kier molecular flexibility index (Phi) is 24.9. The molecule has 27 heavy (non-hydrogen) atoms. The van der Waals surface area contributed by atoms with Gasteiger partial charge in [-0.05, 0) is 32.4 Å². The molecule has 0 saturated carbocycles. The van der Waals surface area contributed by atoms with Gasteiger partial charge in [0.2, 0.25) is 0 Å². The van der Waals surface area contributed by atoms with E-state index in [-0.39, 0.29) is 42.0 Å². The Bertz CT molecular complexity index is 297. The fourth-order valence-corrected chi connectivity index (χ4v) is 3.71. The third-order valence-electron chi connectivity index (χ3n) is 5.41. The van der Waals surface area contributed by atoms with Crippen molar-refractivity contribution < 1.29 is 39.5 Å². The maximum Gasteiger partial charge on any atom is 1.00 e. The Hall–Kier alpha value is 0.430. The summed E-state index contributed by atoms with van der Waals surface area (Å²) in [6, 6.07) is 0.172. The molecule has 0 rings (SSSR count). The van der Waals surface area contributed by atoms with Gasteiger partial charge in [-0.1, -0.05) is 97.8 Å². The van der Waals surface area contributed by atoms with Crippen LogP contribution in [0.4, 0.5) is 0 Å². The van der Waals surface area contributed by atoms with Crippen molar-refractivity contribution in [3.8, 4) is 0 Å². The molecule has 0 aliphatic heterocycles. The van der Waals surface area contributed by atoms with Crippen molar-refractivity contribution in [1.29, 1.82) is 0 Å². The molecule has 0 bridgehead atoms. The summed E-state index contributed by atoms with van der Waals surface area (Å²) in [6.45, 7) is 8.80. The molecule has 0 N–H and O–H groups in total. The van der Waals surface area contributed by atoms with Crippen molar-refractivity contribution in [2.24, 2.45) is 0 Å². The Balaban J connectivity index is 0. The van der Waals surface area contributed by atoms with E-state index in [4.69, 9.17) is 0 Å². The van der Waals surface area contributed by atoms with E-state index in [0.29, 0.717) is 0 Å². The van der Waals surface area contributed by atoms with E-state index >= 15 is 0 Å². The summed E-state index contributed by atoms with van der Waals surface area (Å²) in [5.74, 6) is -0.887. The van der Waals surface area contributed by atoms with Crippen LogP contribution in [0.3, 0.4) is 0 Å². The van der Waals surface area contributed by atoms with Crippen LogP contribution in [0, 0.1) is 0 Å². The molecule has 0 aromatic heterocycles. The molecular formula is C23H46NNaO2. The Morgan fingerprint density at radius 2 is 1.11 bits per heavy atom. The van der Waals surface area contributed by atoms with Crippen molar-refractivity contribution in [2.45, 2.75) is 130 Å². The van der Waals surface area contributed by atoms with E-state index in [2.05, 4.69) is 25.7 Å². The van der Waals surface area contributed by atoms with Gasteiger partial charge in [-0.2, -0.15) is 0 Å². The average molecular weight is 392 g/mol. The summed E-state index contributed by atoms with van der Waals surface area (Å²) >= 11 is 0. The molecule has 3 nitrogen and oxygen atoms in total. The Labute approximate surface area is 192 Å². The second kappa shape index (κ2) is 22.7. The van der Waals surface area contributed by atoms with Crippen LogP contribution in [0.1, 0.15) is 124 Å². The summed E-state index contributed by atoms with van der Waals surface area (Å²) in [6.07, 6.45) is 19.0. The molecule has 0 amide bonds. The van der Waals surface area contributed by atoms with Crippen molar-refractivity contribution in [3.63, 3.8) is 0 Å². The van der Waals surface area contributed by atoms with Gasteiger partial charge in [0.1, 0.15) is 0 Å². The molecule has 0 heterocycles. The molecule has 0 saturated heterocycles. The first kappa shape index (κ1) is 29.6. The van der Waals surface area contributed by atoms with E-state index in [9.17, 15) is 9.90 Å². The molecule has 0 aromatic rings. The summed E-state index contributed by atoms with van der Waals surface area (Å²) in [7, 11) is 0. The first-order valence-corrected chi connectivity index (χ1v) is 11.6. The fourth-order valence-electron chi connectivity index (χ4n) is 3.71. The minimum absolute atomic E-state index is 0. The molecule has 1 atom stereocenters. The van der Waals surface area contributed by atoms with Gasteiger partial charge in [-0.3, -0.25) is 0 Å². The smallest absolute Gasteiger partial charge is 0.550 e.